The molecule has 0 bridgehead atoms. The van der Waals surface area contributed by atoms with Crippen LogP contribution in [-0.2, 0) is 10.0 Å². The molecule has 1 saturated heterocycles. The van der Waals surface area contributed by atoms with Crippen LogP contribution in [0.3, 0.4) is 0 Å². The minimum absolute atomic E-state index is 0.0992. The molecule has 1 fully saturated rings. The lowest BCUT2D eigenvalue weighted by atomic mass is 10.3. The number of benzene rings is 1. The Labute approximate surface area is 194 Å². The van der Waals surface area contributed by atoms with Crippen molar-refractivity contribution >= 4 is 38.6 Å². The molecule has 5 rings (SSSR count). The molecule has 0 saturated carbocycles. The van der Waals surface area contributed by atoms with E-state index in [1.807, 2.05) is 23.8 Å². The molecule has 2 aliphatic heterocycles. The molecular weight excluding hydrogens is 470 g/mol. The Morgan fingerprint density at radius 3 is 2.53 bits per heavy atom. The number of fused-ring (bicyclic) bond motifs is 1. The van der Waals surface area contributed by atoms with Gasteiger partial charge in [0.25, 0.3) is 5.91 Å². The Balaban J connectivity index is 1.28. The Morgan fingerprint density at radius 2 is 1.81 bits per heavy atom. The van der Waals surface area contributed by atoms with Crippen molar-refractivity contribution < 1.29 is 22.7 Å². The molecule has 0 spiro atoms. The van der Waals surface area contributed by atoms with Crippen LogP contribution in [0.25, 0.3) is 10.6 Å². The molecule has 1 aromatic carbocycles. The van der Waals surface area contributed by atoms with Crippen LogP contribution in [0.1, 0.15) is 15.4 Å². The van der Waals surface area contributed by atoms with Crippen molar-refractivity contribution in [2.45, 2.75) is 11.8 Å². The Kier molecular flexibility index (Phi) is 5.66. The lowest BCUT2D eigenvalue weighted by Crippen LogP contribution is -2.50. The number of sulfonamides is 1. The largest absolute Gasteiger partial charge is 0.486 e. The van der Waals surface area contributed by atoms with Gasteiger partial charge in [0, 0.05) is 43.2 Å². The fraction of sp³-hybridized carbons (Fsp3) is 0.333. The van der Waals surface area contributed by atoms with Crippen LogP contribution in [0.5, 0.6) is 11.5 Å². The molecule has 32 heavy (non-hydrogen) atoms. The van der Waals surface area contributed by atoms with Gasteiger partial charge in [-0.05, 0) is 30.5 Å². The standard InChI is InChI=1S/C21H21N3O5S3/c1-14-19(31-20(22-14)15-4-11-30-13-15)21(25)23-5-7-24(8-6-23)32(26,27)16-2-3-17-18(12-16)29-10-9-28-17/h2-4,11-13H,5-10H2,1H3. The van der Waals surface area contributed by atoms with Crippen molar-refractivity contribution in [2.75, 3.05) is 39.4 Å². The maximum Gasteiger partial charge on any atom is 0.265 e. The van der Waals surface area contributed by atoms with Gasteiger partial charge in [-0.15, -0.1) is 11.3 Å². The summed E-state index contributed by atoms with van der Waals surface area (Å²) in [4.78, 5) is 20.1. The number of carbonyl (C=O) groups is 1. The van der Waals surface area contributed by atoms with Gasteiger partial charge in [0.05, 0.1) is 10.6 Å². The van der Waals surface area contributed by atoms with E-state index in [9.17, 15) is 13.2 Å². The second-order valence-corrected chi connectivity index (χ2v) is 11.2. The van der Waals surface area contributed by atoms with Crippen molar-refractivity contribution in [2.24, 2.45) is 0 Å². The van der Waals surface area contributed by atoms with Crippen molar-refractivity contribution in [1.82, 2.24) is 14.2 Å². The minimum atomic E-state index is -3.69. The zero-order valence-corrected chi connectivity index (χ0v) is 19.8. The van der Waals surface area contributed by atoms with E-state index in [4.69, 9.17) is 9.47 Å². The highest BCUT2D eigenvalue weighted by Crippen LogP contribution is 2.34. The second kappa shape index (κ2) is 8.47. The molecule has 168 valence electrons. The lowest BCUT2D eigenvalue weighted by molar-refractivity contribution is 0.0702. The van der Waals surface area contributed by atoms with Crippen LogP contribution in [-0.4, -0.2) is 67.9 Å². The number of carbonyl (C=O) groups excluding carboxylic acids is 1. The van der Waals surface area contributed by atoms with Gasteiger partial charge in [-0.1, -0.05) is 0 Å². The summed E-state index contributed by atoms with van der Waals surface area (Å²) in [7, 11) is -3.69. The van der Waals surface area contributed by atoms with Gasteiger partial charge in [-0.25, -0.2) is 13.4 Å². The average Bonchev–Trinajstić information content (AvgIpc) is 3.48. The molecule has 4 heterocycles. The molecule has 0 aliphatic carbocycles. The maximum atomic E-state index is 13.1. The van der Waals surface area contributed by atoms with Gasteiger partial charge in [-0.3, -0.25) is 4.79 Å². The van der Waals surface area contributed by atoms with Gasteiger partial charge >= 0.3 is 0 Å². The highest BCUT2D eigenvalue weighted by Gasteiger charge is 2.32. The van der Waals surface area contributed by atoms with E-state index in [2.05, 4.69) is 4.98 Å². The molecule has 2 aliphatic rings. The summed E-state index contributed by atoms with van der Waals surface area (Å²) in [6, 6.07) is 6.65. The molecule has 2 aromatic heterocycles. The molecule has 0 unspecified atom stereocenters. The molecule has 8 nitrogen and oxygen atoms in total. The van der Waals surface area contributed by atoms with E-state index < -0.39 is 10.0 Å². The molecule has 0 radical (unpaired) electrons. The van der Waals surface area contributed by atoms with E-state index in [0.717, 1.165) is 10.6 Å². The van der Waals surface area contributed by atoms with Crippen LogP contribution >= 0.6 is 22.7 Å². The smallest absolute Gasteiger partial charge is 0.265 e. The summed E-state index contributed by atoms with van der Waals surface area (Å²) in [5, 5.41) is 4.81. The molecule has 1 amide bonds. The number of ether oxygens (including phenoxy) is 2. The van der Waals surface area contributed by atoms with E-state index >= 15 is 0 Å². The Morgan fingerprint density at radius 1 is 1.06 bits per heavy atom. The maximum absolute atomic E-state index is 13.1. The third-order valence-electron chi connectivity index (χ3n) is 5.44. The fourth-order valence-electron chi connectivity index (χ4n) is 3.71. The number of nitrogens with zero attached hydrogens (tertiary/aromatic N) is 3. The number of hydrogen-bond acceptors (Lipinski definition) is 8. The highest BCUT2D eigenvalue weighted by molar-refractivity contribution is 7.89. The number of hydrogen-bond donors (Lipinski definition) is 0. The van der Waals surface area contributed by atoms with E-state index in [1.165, 1.54) is 27.8 Å². The van der Waals surface area contributed by atoms with Crippen LogP contribution in [0.4, 0.5) is 0 Å². The van der Waals surface area contributed by atoms with Crippen molar-refractivity contribution in [1.29, 1.82) is 0 Å². The van der Waals surface area contributed by atoms with Gasteiger partial charge in [-0.2, -0.15) is 15.6 Å². The lowest BCUT2D eigenvalue weighted by Gasteiger charge is -2.34. The SMILES string of the molecule is Cc1nc(-c2ccsc2)sc1C(=O)N1CCN(S(=O)(=O)c2ccc3c(c2)OCCO3)CC1. The monoisotopic (exact) mass is 491 g/mol. The molecule has 0 atom stereocenters. The number of thiazole rings is 1. The van der Waals surface area contributed by atoms with Crippen LogP contribution in [0.15, 0.2) is 39.9 Å². The van der Waals surface area contributed by atoms with Crippen LogP contribution < -0.4 is 9.47 Å². The predicted octanol–water partition coefficient (Wildman–Crippen LogP) is 3.10. The van der Waals surface area contributed by atoms with Gasteiger partial charge in [0.15, 0.2) is 11.5 Å². The first-order valence-electron chi connectivity index (χ1n) is 10.1. The zero-order chi connectivity index (χ0) is 22.3. The minimum Gasteiger partial charge on any atom is -0.486 e. The van der Waals surface area contributed by atoms with E-state index in [1.54, 1.807) is 22.3 Å². The Bertz CT molecular complexity index is 1250. The summed E-state index contributed by atoms with van der Waals surface area (Å²) in [5.74, 6) is 0.887. The van der Waals surface area contributed by atoms with E-state index in [-0.39, 0.29) is 23.9 Å². The van der Waals surface area contributed by atoms with Gasteiger partial charge in [0.1, 0.15) is 23.1 Å². The summed E-state index contributed by atoms with van der Waals surface area (Å²) in [6.45, 7) is 3.80. The molecular formula is C21H21N3O5S3. The first kappa shape index (κ1) is 21.4. The first-order valence-corrected chi connectivity index (χ1v) is 13.3. The zero-order valence-electron chi connectivity index (χ0n) is 17.3. The van der Waals surface area contributed by atoms with Crippen LogP contribution in [0, 0.1) is 6.92 Å². The van der Waals surface area contributed by atoms with Crippen LogP contribution in [0.2, 0.25) is 0 Å². The number of aromatic nitrogens is 1. The second-order valence-electron chi connectivity index (χ2n) is 7.45. The summed E-state index contributed by atoms with van der Waals surface area (Å²) in [5.41, 5.74) is 1.71. The number of amides is 1. The summed E-state index contributed by atoms with van der Waals surface area (Å²) in [6.07, 6.45) is 0. The van der Waals surface area contributed by atoms with Gasteiger partial charge < -0.3 is 14.4 Å². The van der Waals surface area contributed by atoms with Crippen molar-refractivity contribution in [3.05, 3.63) is 45.6 Å². The quantitative estimate of drug-likeness (QED) is 0.557. The number of piperazine rings is 1. The topological polar surface area (TPSA) is 89.0 Å². The highest BCUT2D eigenvalue weighted by atomic mass is 32.2. The molecule has 11 heteroatoms. The van der Waals surface area contributed by atoms with Gasteiger partial charge in [0.2, 0.25) is 10.0 Å². The number of thiophene rings is 1. The summed E-state index contributed by atoms with van der Waals surface area (Å²) >= 11 is 2.97. The average molecular weight is 492 g/mol. The third kappa shape index (κ3) is 3.90. The predicted molar refractivity (Wildman–Crippen MR) is 122 cm³/mol. The number of rotatable bonds is 4. The third-order valence-corrected chi connectivity index (χ3v) is 9.21. The van der Waals surface area contributed by atoms with Crippen molar-refractivity contribution in [3.63, 3.8) is 0 Å². The fourth-order valence-corrected chi connectivity index (χ4v) is 6.90. The van der Waals surface area contributed by atoms with E-state index in [0.29, 0.717) is 48.4 Å². The molecule has 3 aromatic rings. The summed E-state index contributed by atoms with van der Waals surface area (Å²) < 4.78 is 38.7. The molecule has 0 N–H and O–H groups in total. The number of aryl methyl sites for hydroxylation is 1. The normalized spacial score (nSPS) is 16.8. The Hall–Kier alpha value is -2.47. The van der Waals surface area contributed by atoms with Crippen molar-refractivity contribution in [3.8, 4) is 22.1 Å². The first-order chi connectivity index (χ1) is 15.4.